The van der Waals surface area contributed by atoms with E-state index in [1.807, 2.05) is 34.6 Å². The number of aromatic nitrogens is 2. The van der Waals surface area contributed by atoms with E-state index in [1.54, 1.807) is 9.80 Å². The molecule has 10 heteroatoms. The van der Waals surface area contributed by atoms with Crippen molar-refractivity contribution in [3.8, 4) is 0 Å². The van der Waals surface area contributed by atoms with Gasteiger partial charge in [0.15, 0.2) is 8.32 Å². The Morgan fingerprint density at radius 3 is 2.39 bits per heavy atom. The van der Waals surface area contributed by atoms with Crippen LogP contribution in [0.25, 0.3) is 0 Å². The maximum absolute atomic E-state index is 13.8. The lowest BCUT2D eigenvalue weighted by Crippen LogP contribution is -2.79. The van der Waals surface area contributed by atoms with Crippen LogP contribution in [0.15, 0.2) is 10.8 Å². The third-order valence-corrected chi connectivity index (χ3v) is 12.0. The maximum Gasteiger partial charge on any atom is 0.411 e. The van der Waals surface area contributed by atoms with Crippen molar-refractivity contribution in [2.24, 2.45) is 0 Å². The van der Waals surface area contributed by atoms with Gasteiger partial charge in [-0.15, -0.1) is 10.2 Å². The molecule has 33 heavy (non-hydrogen) atoms. The molecule has 0 saturated carbocycles. The largest absolute Gasteiger partial charge is 0.444 e. The van der Waals surface area contributed by atoms with Crippen LogP contribution in [0.3, 0.4) is 0 Å². The number of β-lactam (4-membered cyclic amide) rings is 1. The predicted molar refractivity (Wildman–Crippen MR) is 126 cm³/mol. The molecule has 3 rings (SSSR count). The molecule has 3 heterocycles. The minimum Gasteiger partial charge on any atom is -0.444 e. The molecule has 186 valence electrons. The Hall–Kier alpha value is -1.94. The van der Waals surface area contributed by atoms with Crippen LogP contribution < -0.4 is 0 Å². The number of carbonyl (C=O) groups is 2. The number of nitrogens with zero attached hydrogens (tertiary/aromatic N) is 4. The average molecular weight is 481 g/mol. The molecule has 1 aromatic rings. The van der Waals surface area contributed by atoms with Crippen molar-refractivity contribution in [2.75, 3.05) is 6.54 Å². The summed E-state index contributed by atoms with van der Waals surface area (Å²) in [5, 5.41) is 7.99. The van der Waals surface area contributed by atoms with Gasteiger partial charge in [-0.05, 0) is 65.6 Å². The third-order valence-electron chi connectivity index (χ3n) is 7.41. The Morgan fingerprint density at radius 1 is 1.27 bits per heavy atom. The molecule has 2 amide bonds. The van der Waals surface area contributed by atoms with E-state index in [0.717, 1.165) is 6.42 Å². The molecular weight excluding hydrogens is 440 g/mol. The molecule has 4 atom stereocenters. The highest BCUT2D eigenvalue weighted by molar-refractivity contribution is 6.74. The Bertz CT molecular complexity index is 876. The van der Waals surface area contributed by atoms with E-state index in [-0.39, 0.29) is 23.1 Å². The molecule has 0 aliphatic carbocycles. The van der Waals surface area contributed by atoms with E-state index in [1.165, 1.54) is 6.39 Å². The fraction of sp³-hybridized carbons (Fsp3) is 0.826. The fourth-order valence-corrected chi connectivity index (χ4v) is 6.15. The second-order valence-corrected chi connectivity index (χ2v) is 16.6. The first-order valence-corrected chi connectivity index (χ1v) is 14.7. The smallest absolute Gasteiger partial charge is 0.411 e. The van der Waals surface area contributed by atoms with E-state index in [0.29, 0.717) is 18.9 Å². The lowest BCUT2D eigenvalue weighted by atomic mass is 9.75. The highest BCUT2D eigenvalue weighted by Crippen LogP contribution is 2.50. The summed E-state index contributed by atoms with van der Waals surface area (Å²) in [4.78, 5) is 30.2. The Balaban J connectivity index is 1.90. The topological polar surface area (TPSA) is 98.0 Å². The monoisotopic (exact) mass is 480 g/mol. The average Bonchev–Trinajstić information content (AvgIpc) is 3.33. The van der Waals surface area contributed by atoms with E-state index >= 15 is 0 Å². The van der Waals surface area contributed by atoms with Gasteiger partial charge in [0.1, 0.15) is 17.2 Å². The van der Waals surface area contributed by atoms with Crippen LogP contribution in [0.4, 0.5) is 4.79 Å². The SMILES string of the molecule is CC1N(C(c2nnco2)[C@@H](C)O[Si](C)(C)C(C)(C)C)C(=O)C12CCCN2C(=O)OC(C)(C)C. The van der Waals surface area contributed by atoms with E-state index in [9.17, 15) is 9.59 Å². The zero-order valence-electron chi connectivity index (χ0n) is 21.8. The molecule has 0 N–H and O–H groups in total. The van der Waals surface area contributed by atoms with Crippen molar-refractivity contribution < 1.29 is 23.2 Å². The number of hydrogen-bond donors (Lipinski definition) is 0. The number of amides is 2. The molecular formula is C23H40N4O5Si. The number of carbonyl (C=O) groups excluding carboxylic acids is 2. The van der Waals surface area contributed by atoms with Crippen LogP contribution in [0.5, 0.6) is 0 Å². The van der Waals surface area contributed by atoms with Crippen molar-refractivity contribution in [1.82, 2.24) is 20.0 Å². The molecule has 0 aromatic carbocycles. The highest BCUT2D eigenvalue weighted by Gasteiger charge is 2.68. The van der Waals surface area contributed by atoms with E-state index in [4.69, 9.17) is 13.6 Å². The Kier molecular flexibility index (Phi) is 6.51. The first-order chi connectivity index (χ1) is 15.0. The summed E-state index contributed by atoms with van der Waals surface area (Å²) < 4.78 is 17.8. The fourth-order valence-electron chi connectivity index (χ4n) is 4.74. The van der Waals surface area contributed by atoms with Crippen molar-refractivity contribution in [3.05, 3.63) is 12.3 Å². The van der Waals surface area contributed by atoms with Crippen LogP contribution in [-0.2, 0) is 14.0 Å². The second-order valence-electron chi connectivity index (χ2n) is 11.9. The van der Waals surface area contributed by atoms with Crippen molar-refractivity contribution in [2.45, 2.75) is 116 Å². The summed E-state index contributed by atoms with van der Waals surface area (Å²) in [6.45, 7) is 20.8. The summed E-state index contributed by atoms with van der Waals surface area (Å²) in [6, 6.07) is -0.779. The van der Waals surface area contributed by atoms with Crippen LogP contribution in [0.2, 0.25) is 18.1 Å². The standard InChI is InChI=1S/C23H40N4O5Si/c1-15(32-33(9,10)22(6,7)8)17(18-25-24-14-30-18)27-16(2)23(19(27)28)12-11-13-26(23)20(29)31-21(3,4)5/h14-17H,11-13H2,1-10H3/t15-,16?,17?,23?/m1/s1. The van der Waals surface area contributed by atoms with Gasteiger partial charge < -0.3 is 18.5 Å². The van der Waals surface area contributed by atoms with Crippen molar-refractivity contribution in [3.63, 3.8) is 0 Å². The number of ether oxygens (including phenoxy) is 1. The number of rotatable bonds is 5. The van der Waals surface area contributed by atoms with Gasteiger partial charge in [0, 0.05) is 6.54 Å². The van der Waals surface area contributed by atoms with Gasteiger partial charge in [-0.3, -0.25) is 9.69 Å². The molecule has 1 spiro atoms. The lowest BCUT2D eigenvalue weighted by Gasteiger charge is -2.59. The van der Waals surface area contributed by atoms with Gasteiger partial charge >= 0.3 is 6.09 Å². The summed E-state index contributed by atoms with van der Waals surface area (Å²) in [5.41, 5.74) is -1.54. The second kappa shape index (κ2) is 8.37. The third kappa shape index (κ3) is 4.43. The van der Waals surface area contributed by atoms with Crippen molar-refractivity contribution in [1.29, 1.82) is 0 Å². The van der Waals surface area contributed by atoms with Crippen molar-refractivity contribution >= 4 is 20.3 Å². The molecule has 0 radical (unpaired) electrons. The van der Waals surface area contributed by atoms with E-state index < -0.39 is 31.6 Å². The highest BCUT2D eigenvalue weighted by atomic mass is 28.4. The molecule has 1 aromatic heterocycles. The quantitative estimate of drug-likeness (QED) is 0.451. The minimum atomic E-state index is -2.13. The first kappa shape index (κ1) is 25.7. The molecule has 9 nitrogen and oxygen atoms in total. The summed E-state index contributed by atoms with van der Waals surface area (Å²) >= 11 is 0. The summed E-state index contributed by atoms with van der Waals surface area (Å²) in [5.74, 6) is 0.227. The number of hydrogen-bond acceptors (Lipinski definition) is 7. The summed E-state index contributed by atoms with van der Waals surface area (Å²) in [6.07, 6.45) is 1.83. The Morgan fingerprint density at radius 2 is 1.91 bits per heavy atom. The van der Waals surface area contributed by atoms with Crippen LogP contribution in [0, 0.1) is 0 Å². The summed E-state index contributed by atoms with van der Waals surface area (Å²) in [7, 11) is -2.13. The predicted octanol–water partition coefficient (Wildman–Crippen LogP) is 4.52. The molecule has 2 aliphatic rings. The lowest BCUT2D eigenvalue weighted by molar-refractivity contribution is -0.182. The van der Waals surface area contributed by atoms with Gasteiger partial charge in [-0.25, -0.2) is 4.79 Å². The van der Waals surface area contributed by atoms with Gasteiger partial charge in [-0.1, -0.05) is 20.8 Å². The van der Waals surface area contributed by atoms with Crippen LogP contribution in [0.1, 0.15) is 80.2 Å². The van der Waals surface area contributed by atoms with Gasteiger partial charge in [0.25, 0.3) is 5.91 Å². The Labute approximate surface area is 198 Å². The first-order valence-electron chi connectivity index (χ1n) is 11.8. The van der Waals surface area contributed by atoms with Gasteiger partial charge in [-0.2, -0.15) is 0 Å². The van der Waals surface area contributed by atoms with Gasteiger partial charge in [0.05, 0.1) is 12.1 Å². The maximum atomic E-state index is 13.8. The van der Waals surface area contributed by atoms with E-state index in [2.05, 4.69) is 44.1 Å². The minimum absolute atomic E-state index is 0.00537. The molecule has 0 bridgehead atoms. The molecule has 2 fully saturated rings. The zero-order valence-corrected chi connectivity index (χ0v) is 22.8. The molecule has 2 saturated heterocycles. The van der Waals surface area contributed by atoms with Crippen LogP contribution >= 0.6 is 0 Å². The molecule has 3 unspecified atom stereocenters. The number of likely N-dealkylation sites (tertiary alicyclic amines) is 2. The van der Waals surface area contributed by atoms with Gasteiger partial charge in [0.2, 0.25) is 12.3 Å². The zero-order chi connectivity index (χ0) is 25.0. The normalized spacial score (nSPS) is 25.9. The molecule has 2 aliphatic heterocycles. The van der Waals surface area contributed by atoms with Crippen LogP contribution in [-0.4, -0.2) is 70.1 Å².